The Bertz CT molecular complexity index is 2570. The van der Waals surface area contributed by atoms with Crippen LogP contribution in [0.2, 0.25) is 0 Å². The molecule has 0 amide bonds. The zero-order chi connectivity index (χ0) is 37.2. The Morgan fingerprint density at radius 2 is 0.870 bits per heavy atom. The maximum Gasteiger partial charge on any atom is -0.00199 e. The maximum absolute atomic E-state index is 4.12. The molecule has 0 spiro atoms. The molecule has 0 N–H and O–H groups in total. The first-order chi connectivity index (χ1) is 26.1. The van der Waals surface area contributed by atoms with Gasteiger partial charge in [-0.2, -0.15) is 0 Å². The summed E-state index contributed by atoms with van der Waals surface area (Å²) in [5, 5.41) is 10.1. The predicted molar refractivity (Wildman–Crippen MR) is 244 cm³/mol. The molecule has 8 aromatic rings. The van der Waals surface area contributed by atoms with Crippen LogP contribution >= 0.6 is 0 Å². The van der Waals surface area contributed by atoms with Gasteiger partial charge in [-0.3, -0.25) is 0 Å². The fourth-order valence-electron chi connectivity index (χ4n) is 7.18. The van der Waals surface area contributed by atoms with Crippen LogP contribution in [0.15, 0.2) is 221 Å². The van der Waals surface area contributed by atoms with Gasteiger partial charge in [-0.1, -0.05) is 216 Å². The van der Waals surface area contributed by atoms with Crippen molar-refractivity contribution >= 4 is 48.7 Å². The Morgan fingerprint density at radius 1 is 0.407 bits per heavy atom. The van der Waals surface area contributed by atoms with Crippen LogP contribution in [0.5, 0.6) is 0 Å². The highest BCUT2D eigenvalue weighted by Gasteiger charge is 2.20. The number of rotatable bonds is 7. The zero-order valence-electron chi connectivity index (χ0n) is 30.4. The molecule has 0 bridgehead atoms. The lowest BCUT2D eigenvalue weighted by atomic mass is 9.83. The van der Waals surface area contributed by atoms with Crippen LogP contribution in [-0.4, -0.2) is 0 Å². The fourth-order valence-corrected chi connectivity index (χ4v) is 7.18. The highest BCUT2D eigenvalue weighted by molar-refractivity contribution is 6.25. The van der Waals surface area contributed by atoms with Crippen molar-refractivity contribution < 1.29 is 0 Å². The minimum atomic E-state index is 0. The smallest absolute Gasteiger partial charge is 0.00199 e. The van der Waals surface area contributed by atoms with Gasteiger partial charge in [0.25, 0.3) is 0 Å². The van der Waals surface area contributed by atoms with E-state index in [0.29, 0.717) is 0 Å². The Hall–Kier alpha value is -6.76. The third kappa shape index (κ3) is 7.56. The first-order valence-corrected chi connectivity index (χ1v) is 17.9. The Kier molecular flexibility index (Phi) is 12.9. The molecule has 0 aliphatic heterocycles. The van der Waals surface area contributed by atoms with Crippen LogP contribution in [0.4, 0.5) is 0 Å². The summed E-state index contributed by atoms with van der Waals surface area (Å²) in [7, 11) is 0. The summed E-state index contributed by atoms with van der Waals surface area (Å²) in [5.41, 5.74) is 9.76. The van der Waals surface area contributed by atoms with Crippen molar-refractivity contribution in [2.24, 2.45) is 0 Å². The van der Waals surface area contributed by atoms with Crippen molar-refractivity contribution in [1.29, 1.82) is 0 Å². The van der Waals surface area contributed by atoms with E-state index >= 15 is 0 Å². The topological polar surface area (TPSA) is 0 Å². The molecular weight excluding hydrogens is 649 g/mol. The summed E-state index contributed by atoms with van der Waals surface area (Å²) in [4.78, 5) is 0. The van der Waals surface area contributed by atoms with Gasteiger partial charge >= 0.3 is 0 Å². The van der Waals surface area contributed by atoms with Gasteiger partial charge in [0.15, 0.2) is 0 Å². The second-order valence-electron chi connectivity index (χ2n) is 12.5. The number of benzene rings is 8. The molecule has 0 heterocycles. The summed E-state index contributed by atoms with van der Waals surface area (Å²) in [5.74, 6) is 0. The van der Waals surface area contributed by atoms with Gasteiger partial charge < -0.3 is 0 Å². The summed E-state index contributed by atoms with van der Waals surface area (Å²) < 4.78 is 0. The van der Waals surface area contributed by atoms with E-state index in [1.54, 1.807) is 24.3 Å². The molecule has 0 fully saturated rings. The van der Waals surface area contributed by atoms with E-state index in [4.69, 9.17) is 0 Å². The van der Waals surface area contributed by atoms with E-state index in [0.717, 1.165) is 5.57 Å². The normalized spacial score (nSPS) is 10.6. The van der Waals surface area contributed by atoms with Crippen LogP contribution in [0.25, 0.3) is 82.0 Å². The van der Waals surface area contributed by atoms with Gasteiger partial charge in [-0.25, -0.2) is 0 Å². The van der Waals surface area contributed by atoms with Crippen molar-refractivity contribution in [3.63, 3.8) is 0 Å². The molecule has 8 aromatic carbocycles. The SMILES string of the molecule is C.C=C/C(=C\C)c1ccc(-c2c3ccccc3c(-c3cc4ccccc4c4ccccc34)c3ccccc23)cc1-c1ccccc1.C=CC=C.C=CC=C. The van der Waals surface area contributed by atoms with Gasteiger partial charge in [0.05, 0.1) is 0 Å². The average Bonchev–Trinajstić information content (AvgIpc) is 3.23. The van der Waals surface area contributed by atoms with E-state index in [-0.39, 0.29) is 7.43 Å². The molecule has 8 rings (SSSR count). The fraction of sp³-hybridized carbons (Fsp3) is 0.0370. The molecule has 0 radical (unpaired) electrons. The van der Waals surface area contributed by atoms with Crippen molar-refractivity contribution in [1.82, 2.24) is 0 Å². The van der Waals surface area contributed by atoms with Gasteiger partial charge in [0, 0.05) is 0 Å². The van der Waals surface area contributed by atoms with Crippen LogP contribution in [0.3, 0.4) is 0 Å². The molecule has 0 saturated carbocycles. The summed E-state index contributed by atoms with van der Waals surface area (Å²) in [6.45, 7) is 19.6. The lowest BCUT2D eigenvalue weighted by Crippen LogP contribution is -1.94. The molecule has 0 nitrogen and oxygen atoms in total. The standard InChI is InChI=1S/C45H32.2C4H6.CH4/c1-3-30(4-2)35-27-26-33(29-42(35)31-16-6-5-7-17-31)44-38-22-12-14-24-40(38)45(41-25-15-13-23-39(41)44)43-28-32-18-8-9-19-34(32)36-20-10-11-21-37(36)43;2*1-3-4-2;/h3-29H,1H2,2H3;2*3-4H,1-2H2;1H4/b30-4+;;;. The molecule has 0 heteroatoms. The third-order valence-corrected chi connectivity index (χ3v) is 9.54. The van der Waals surface area contributed by atoms with Gasteiger partial charge in [-0.05, 0) is 107 Å². The van der Waals surface area contributed by atoms with Crippen molar-refractivity contribution in [3.8, 4) is 33.4 Å². The third-order valence-electron chi connectivity index (χ3n) is 9.54. The second-order valence-corrected chi connectivity index (χ2v) is 12.5. The monoisotopic (exact) mass is 696 g/mol. The molecule has 0 aliphatic rings. The summed E-state index contributed by atoms with van der Waals surface area (Å²) >= 11 is 0. The zero-order valence-corrected chi connectivity index (χ0v) is 30.4. The quantitative estimate of drug-likeness (QED) is 0.0884. The van der Waals surface area contributed by atoms with Crippen molar-refractivity contribution in [3.05, 3.63) is 227 Å². The van der Waals surface area contributed by atoms with E-state index in [1.807, 2.05) is 6.08 Å². The molecule has 54 heavy (non-hydrogen) atoms. The average molecular weight is 697 g/mol. The summed E-state index contributed by atoms with van der Waals surface area (Å²) in [6.07, 6.45) is 10.6. The lowest BCUT2D eigenvalue weighted by molar-refractivity contribution is 1.55. The van der Waals surface area contributed by atoms with E-state index < -0.39 is 0 Å². The molecule has 0 aromatic heterocycles. The van der Waals surface area contributed by atoms with Crippen molar-refractivity contribution in [2.75, 3.05) is 0 Å². The van der Waals surface area contributed by atoms with Gasteiger partial charge in [0.1, 0.15) is 0 Å². The first-order valence-electron chi connectivity index (χ1n) is 17.9. The van der Waals surface area contributed by atoms with E-state index in [2.05, 4.69) is 198 Å². The molecule has 0 aliphatic carbocycles. The molecule has 0 saturated heterocycles. The predicted octanol–water partition coefficient (Wildman–Crippen LogP) is 16.2. The second kappa shape index (κ2) is 18.1. The van der Waals surface area contributed by atoms with E-state index in [9.17, 15) is 0 Å². The van der Waals surface area contributed by atoms with Crippen molar-refractivity contribution in [2.45, 2.75) is 14.4 Å². The number of allylic oxidation sites excluding steroid dienone is 7. The number of fused-ring (bicyclic) bond motifs is 5. The number of hydrogen-bond acceptors (Lipinski definition) is 0. The highest BCUT2D eigenvalue weighted by Crippen LogP contribution is 2.47. The van der Waals surface area contributed by atoms with E-state index in [1.165, 1.54) is 82.0 Å². The Balaban J connectivity index is 0.000000570. The Morgan fingerprint density at radius 3 is 1.39 bits per heavy atom. The first kappa shape index (κ1) is 38.5. The minimum absolute atomic E-state index is 0. The van der Waals surface area contributed by atoms with Gasteiger partial charge in [-0.15, -0.1) is 0 Å². The lowest BCUT2D eigenvalue weighted by Gasteiger charge is -2.20. The van der Waals surface area contributed by atoms with Crippen LogP contribution in [0, 0.1) is 0 Å². The number of hydrogen-bond donors (Lipinski definition) is 0. The van der Waals surface area contributed by atoms with Crippen LogP contribution < -0.4 is 0 Å². The molecule has 264 valence electrons. The minimum Gasteiger partial charge on any atom is -0.0991 e. The van der Waals surface area contributed by atoms with Crippen LogP contribution in [-0.2, 0) is 0 Å². The maximum atomic E-state index is 4.12. The summed E-state index contributed by atoms with van der Waals surface area (Å²) in [6, 6.07) is 55.5. The molecule has 0 atom stereocenters. The largest absolute Gasteiger partial charge is 0.0991 e. The van der Waals surface area contributed by atoms with Crippen LogP contribution in [0.1, 0.15) is 19.9 Å². The Labute approximate surface area is 321 Å². The molecule has 0 unspecified atom stereocenters. The molecular formula is C54H48. The highest BCUT2D eigenvalue weighted by atomic mass is 14.2. The van der Waals surface area contributed by atoms with Gasteiger partial charge in [0.2, 0.25) is 0 Å².